The van der Waals surface area contributed by atoms with Crippen LogP contribution in [0.15, 0.2) is 48.6 Å². The maximum Gasteiger partial charge on any atom is 0.239 e. The van der Waals surface area contributed by atoms with E-state index in [1.165, 1.54) is 32.6 Å². The summed E-state index contributed by atoms with van der Waals surface area (Å²) in [4.78, 5) is 22.1. The van der Waals surface area contributed by atoms with E-state index in [-0.39, 0.29) is 18.4 Å². The van der Waals surface area contributed by atoms with Crippen molar-refractivity contribution in [3.05, 3.63) is 48.6 Å². The Labute approximate surface area is 172 Å². The van der Waals surface area contributed by atoms with Gasteiger partial charge in [0.05, 0.1) is 6.54 Å². The van der Waals surface area contributed by atoms with Crippen molar-refractivity contribution < 1.29 is 9.59 Å². The Hall–Kier alpha value is -2.10. The van der Waals surface area contributed by atoms with Gasteiger partial charge in [-0.1, -0.05) is 68.4 Å². The molecule has 0 unspecified atom stereocenters. The van der Waals surface area contributed by atoms with Crippen LogP contribution in [0.3, 0.4) is 0 Å². The summed E-state index contributed by atoms with van der Waals surface area (Å²) in [5.74, 6) is -0.316. The van der Waals surface area contributed by atoms with E-state index in [4.69, 9.17) is 0 Å². The summed E-state index contributed by atoms with van der Waals surface area (Å²) in [6.45, 7) is 4.36. The minimum Gasteiger partial charge on any atom is -0.355 e. The Morgan fingerprint density at radius 3 is 1.68 bits per heavy atom. The fraction of sp³-hybridized carbons (Fsp3) is 0.583. The number of amides is 2. The highest BCUT2D eigenvalue weighted by Gasteiger charge is 2.00. The first kappa shape index (κ1) is 25.9. The topological polar surface area (TPSA) is 58.2 Å². The van der Waals surface area contributed by atoms with Crippen LogP contribution in [0.4, 0.5) is 0 Å². The molecule has 0 radical (unpaired) electrons. The highest BCUT2D eigenvalue weighted by atomic mass is 16.2. The average molecular weight is 389 g/mol. The van der Waals surface area contributed by atoms with Crippen LogP contribution in [0, 0.1) is 0 Å². The van der Waals surface area contributed by atoms with Crippen molar-refractivity contribution in [3.8, 4) is 0 Å². The zero-order valence-electron chi connectivity index (χ0n) is 17.9. The Morgan fingerprint density at radius 2 is 1.18 bits per heavy atom. The molecule has 0 aromatic rings. The monoisotopic (exact) mass is 388 g/mol. The van der Waals surface area contributed by atoms with Crippen LogP contribution in [0.2, 0.25) is 0 Å². The van der Waals surface area contributed by atoms with Crippen molar-refractivity contribution in [3.63, 3.8) is 0 Å². The number of nitrogens with one attached hydrogen (secondary N) is 2. The molecule has 0 aliphatic heterocycles. The van der Waals surface area contributed by atoms with Crippen molar-refractivity contribution in [1.29, 1.82) is 0 Å². The van der Waals surface area contributed by atoms with Crippen LogP contribution in [-0.4, -0.2) is 24.9 Å². The molecule has 0 rings (SSSR count). The Bertz CT molecular complexity index is 505. The zero-order chi connectivity index (χ0) is 20.7. The molecule has 4 heteroatoms. The molecule has 0 saturated heterocycles. The molecular weight excluding hydrogens is 348 g/mol. The van der Waals surface area contributed by atoms with E-state index in [1.807, 2.05) is 0 Å². The number of carbonyl (C=O) groups is 2. The molecule has 0 heterocycles. The minimum atomic E-state index is -0.185. The molecule has 0 saturated carbocycles. The van der Waals surface area contributed by atoms with Gasteiger partial charge < -0.3 is 10.6 Å². The van der Waals surface area contributed by atoms with Gasteiger partial charge in [-0.3, -0.25) is 9.59 Å². The Balaban J connectivity index is 3.43. The molecule has 2 amide bonds. The van der Waals surface area contributed by atoms with E-state index in [2.05, 4.69) is 66.2 Å². The number of carbonyl (C=O) groups excluding carboxylic acids is 2. The Morgan fingerprint density at radius 1 is 0.679 bits per heavy atom. The molecule has 2 N–H and O–H groups in total. The van der Waals surface area contributed by atoms with Crippen molar-refractivity contribution in [1.82, 2.24) is 10.6 Å². The average Bonchev–Trinajstić information content (AvgIpc) is 2.68. The van der Waals surface area contributed by atoms with E-state index < -0.39 is 0 Å². The normalized spacial score (nSPS) is 11.9. The lowest BCUT2D eigenvalue weighted by atomic mass is 10.2. The van der Waals surface area contributed by atoms with E-state index in [0.717, 1.165) is 38.5 Å². The van der Waals surface area contributed by atoms with Gasteiger partial charge in [-0.05, 0) is 51.4 Å². The SMILES string of the molecule is CCCCCC=CCC=CCC=CCC=CCCCCNC(=O)CNC(C)=O. The third-order valence-electron chi connectivity index (χ3n) is 4.08. The Kier molecular flexibility index (Phi) is 19.6. The second-order valence-corrected chi connectivity index (χ2v) is 6.84. The number of hydrogen-bond acceptors (Lipinski definition) is 2. The summed E-state index contributed by atoms with van der Waals surface area (Å²) < 4.78 is 0. The largest absolute Gasteiger partial charge is 0.355 e. The third-order valence-corrected chi connectivity index (χ3v) is 4.08. The molecule has 0 atom stereocenters. The van der Waals surface area contributed by atoms with Gasteiger partial charge in [0.15, 0.2) is 0 Å². The fourth-order valence-electron chi connectivity index (χ4n) is 2.44. The summed E-state index contributed by atoms with van der Waals surface area (Å²) in [7, 11) is 0. The maximum atomic E-state index is 11.4. The second-order valence-electron chi connectivity index (χ2n) is 6.84. The van der Waals surface area contributed by atoms with Gasteiger partial charge in [-0.25, -0.2) is 0 Å². The van der Waals surface area contributed by atoms with Crippen molar-refractivity contribution in [2.75, 3.05) is 13.1 Å². The molecule has 158 valence electrons. The quantitative estimate of drug-likeness (QED) is 0.259. The van der Waals surface area contributed by atoms with E-state index >= 15 is 0 Å². The molecule has 0 aliphatic rings. The summed E-state index contributed by atoms with van der Waals surface area (Å²) in [5, 5.41) is 5.27. The smallest absolute Gasteiger partial charge is 0.239 e. The molecule has 4 nitrogen and oxygen atoms in total. The predicted molar refractivity (Wildman–Crippen MR) is 120 cm³/mol. The highest BCUT2D eigenvalue weighted by Crippen LogP contribution is 2.01. The molecule has 0 aromatic heterocycles. The lowest BCUT2D eigenvalue weighted by Crippen LogP contribution is -2.36. The lowest BCUT2D eigenvalue weighted by molar-refractivity contribution is -0.125. The standard InChI is InChI=1S/C24H40N2O2/c1-3-4-5-6-7-8-9-10-11-12-13-14-15-16-17-18-19-20-21-25-24(28)22-26-23(2)27/h7-8,10-11,13-14,16-17H,3-6,9,12,15,18-22H2,1-2H3,(H,25,28)(H,26,27). The van der Waals surface area contributed by atoms with Crippen LogP contribution in [0.1, 0.15) is 78.1 Å². The molecule has 0 bridgehead atoms. The molecule has 0 spiro atoms. The van der Waals surface area contributed by atoms with Crippen LogP contribution in [0.5, 0.6) is 0 Å². The maximum absolute atomic E-state index is 11.4. The molecule has 0 aromatic carbocycles. The number of allylic oxidation sites excluding steroid dienone is 8. The molecule has 0 aliphatic carbocycles. The summed E-state index contributed by atoms with van der Waals surface area (Å²) in [5.41, 5.74) is 0. The number of unbranched alkanes of at least 4 members (excludes halogenated alkanes) is 5. The van der Waals surface area contributed by atoms with Crippen molar-refractivity contribution in [2.45, 2.75) is 78.1 Å². The second kappa shape index (κ2) is 21.2. The number of hydrogen-bond donors (Lipinski definition) is 2. The summed E-state index contributed by atoms with van der Waals surface area (Å²) >= 11 is 0. The molecule has 28 heavy (non-hydrogen) atoms. The van der Waals surface area contributed by atoms with Gasteiger partial charge in [0.25, 0.3) is 0 Å². The molecule has 0 fully saturated rings. The van der Waals surface area contributed by atoms with Crippen LogP contribution in [-0.2, 0) is 9.59 Å². The van der Waals surface area contributed by atoms with Gasteiger partial charge >= 0.3 is 0 Å². The van der Waals surface area contributed by atoms with Gasteiger partial charge in [-0.15, -0.1) is 0 Å². The zero-order valence-corrected chi connectivity index (χ0v) is 17.9. The van der Waals surface area contributed by atoms with Gasteiger partial charge in [-0.2, -0.15) is 0 Å². The number of rotatable bonds is 17. The van der Waals surface area contributed by atoms with Crippen molar-refractivity contribution >= 4 is 11.8 Å². The van der Waals surface area contributed by atoms with Gasteiger partial charge in [0, 0.05) is 13.5 Å². The first-order valence-electron chi connectivity index (χ1n) is 10.8. The summed E-state index contributed by atoms with van der Waals surface area (Å²) in [6.07, 6.45) is 29.0. The molecular formula is C24H40N2O2. The predicted octanol–water partition coefficient (Wildman–Crippen LogP) is 5.38. The van der Waals surface area contributed by atoms with E-state index in [9.17, 15) is 9.59 Å². The highest BCUT2D eigenvalue weighted by molar-refractivity contribution is 5.83. The minimum absolute atomic E-state index is 0.0620. The van der Waals surface area contributed by atoms with E-state index in [1.54, 1.807) is 0 Å². The first-order valence-corrected chi connectivity index (χ1v) is 10.8. The lowest BCUT2D eigenvalue weighted by Gasteiger charge is -2.04. The van der Waals surface area contributed by atoms with E-state index in [0.29, 0.717) is 6.54 Å². The summed E-state index contributed by atoms with van der Waals surface area (Å²) in [6, 6.07) is 0. The van der Waals surface area contributed by atoms with Crippen LogP contribution >= 0.6 is 0 Å². The van der Waals surface area contributed by atoms with Crippen LogP contribution < -0.4 is 10.6 Å². The van der Waals surface area contributed by atoms with Gasteiger partial charge in [0.1, 0.15) is 0 Å². The third kappa shape index (κ3) is 21.9. The van der Waals surface area contributed by atoms with Crippen molar-refractivity contribution in [2.24, 2.45) is 0 Å². The first-order chi connectivity index (χ1) is 13.7. The van der Waals surface area contributed by atoms with Crippen LogP contribution in [0.25, 0.3) is 0 Å². The van der Waals surface area contributed by atoms with Gasteiger partial charge in [0.2, 0.25) is 11.8 Å². The fourth-order valence-corrected chi connectivity index (χ4v) is 2.44.